The van der Waals surface area contributed by atoms with Crippen LogP contribution in [0.15, 0.2) is 29.6 Å². The third kappa shape index (κ3) is 3.35. The third-order valence-electron chi connectivity index (χ3n) is 4.09. The Morgan fingerprint density at radius 2 is 2.26 bits per heavy atom. The van der Waals surface area contributed by atoms with Crippen molar-refractivity contribution in [3.63, 3.8) is 0 Å². The van der Waals surface area contributed by atoms with Gasteiger partial charge in [0.15, 0.2) is 10.7 Å². The summed E-state index contributed by atoms with van der Waals surface area (Å²) in [6.45, 7) is 4.02. The highest BCUT2D eigenvalue weighted by atomic mass is 35.5. The topological polar surface area (TPSA) is 51.2 Å². The highest BCUT2D eigenvalue weighted by molar-refractivity contribution is 7.13. The molecule has 0 unspecified atom stereocenters. The van der Waals surface area contributed by atoms with Crippen molar-refractivity contribution in [1.29, 1.82) is 0 Å². The quantitative estimate of drug-likeness (QED) is 0.760. The Balaban J connectivity index is 1.77. The highest BCUT2D eigenvalue weighted by Gasteiger charge is 2.45. The van der Waals surface area contributed by atoms with Gasteiger partial charge in [0.05, 0.1) is 22.3 Å². The number of carbonyl (C=O) groups excluding carboxylic acids is 1. The van der Waals surface area contributed by atoms with E-state index < -0.39 is 5.60 Å². The van der Waals surface area contributed by atoms with Crippen LogP contribution in [0.25, 0.3) is 0 Å². The lowest BCUT2D eigenvalue weighted by Crippen LogP contribution is -2.21. The summed E-state index contributed by atoms with van der Waals surface area (Å²) in [5.74, 6) is -0.130. The summed E-state index contributed by atoms with van der Waals surface area (Å²) in [6, 6.07) is 7.53. The molecule has 6 heteroatoms. The van der Waals surface area contributed by atoms with Crippen molar-refractivity contribution in [2.24, 2.45) is 5.92 Å². The van der Waals surface area contributed by atoms with Crippen LogP contribution in [0.1, 0.15) is 38.8 Å². The fourth-order valence-corrected chi connectivity index (χ4v) is 3.91. The van der Waals surface area contributed by atoms with Crippen LogP contribution in [0.3, 0.4) is 0 Å². The Morgan fingerprint density at radius 3 is 3.00 bits per heavy atom. The maximum absolute atomic E-state index is 12.0. The number of rotatable bonds is 5. The minimum Gasteiger partial charge on any atom is -0.453 e. The number of nitrogens with zero attached hydrogens (tertiary/aromatic N) is 1. The highest BCUT2D eigenvalue weighted by Crippen LogP contribution is 2.42. The molecule has 0 amide bonds. The number of aromatic nitrogens is 1. The van der Waals surface area contributed by atoms with E-state index >= 15 is 0 Å². The van der Waals surface area contributed by atoms with Gasteiger partial charge in [-0.15, -0.1) is 11.3 Å². The number of anilines is 2. The first-order valence-corrected chi connectivity index (χ1v) is 8.98. The van der Waals surface area contributed by atoms with Crippen LogP contribution in [0, 0.1) is 5.92 Å². The number of ether oxygens (including phenoxy) is 1. The van der Waals surface area contributed by atoms with Crippen molar-refractivity contribution in [3.05, 3.63) is 40.4 Å². The number of halogens is 1. The molecule has 1 aromatic heterocycles. The second kappa shape index (κ2) is 6.49. The molecule has 0 saturated carbocycles. The lowest BCUT2D eigenvalue weighted by molar-refractivity contribution is -0.150. The van der Waals surface area contributed by atoms with Crippen molar-refractivity contribution in [1.82, 2.24) is 4.98 Å². The molecule has 1 aromatic carbocycles. The third-order valence-corrected chi connectivity index (χ3v) is 5.18. The molecular formula is C17H19ClN2O2S. The predicted octanol–water partition coefficient (Wildman–Crippen LogP) is 5.12. The van der Waals surface area contributed by atoms with Gasteiger partial charge in [-0.05, 0) is 25.5 Å². The smallest absolute Gasteiger partial charge is 0.310 e. The average molecular weight is 351 g/mol. The summed E-state index contributed by atoms with van der Waals surface area (Å²) in [6.07, 6.45) is 2.53. The molecule has 122 valence electrons. The molecule has 1 N–H and O–H groups in total. The number of benzene rings is 1. The number of para-hydroxylation sites is 1. The van der Waals surface area contributed by atoms with Gasteiger partial charge in [-0.2, -0.15) is 0 Å². The van der Waals surface area contributed by atoms with E-state index in [9.17, 15) is 4.79 Å². The van der Waals surface area contributed by atoms with Gasteiger partial charge < -0.3 is 10.1 Å². The number of carbonyl (C=O) groups is 1. The zero-order chi connectivity index (χ0) is 16.4. The number of thiazole rings is 1. The molecule has 1 saturated heterocycles. The van der Waals surface area contributed by atoms with Crippen molar-refractivity contribution >= 4 is 39.7 Å². The molecule has 2 heterocycles. The Labute approximate surface area is 144 Å². The Bertz CT molecular complexity index is 718. The van der Waals surface area contributed by atoms with Gasteiger partial charge in [0.25, 0.3) is 0 Å². The summed E-state index contributed by atoms with van der Waals surface area (Å²) in [4.78, 5) is 16.6. The number of cyclic esters (lactones) is 1. The summed E-state index contributed by atoms with van der Waals surface area (Å²) < 4.78 is 5.64. The normalized spacial score (nSPS) is 23.8. The van der Waals surface area contributed by atoms with Crippen molar-refractivity contribution in [3.8, 4) is 0 Å². The Kier molecular flexibility index (Phi) is 4.60. The molecule has 0 bridgehead atoms. The summed E-state index contributed by atoms with van der Waals surface area (Å²) >= 11 is 7.64. The fraction of sp³-hybridized carbons (Fsp3) is 0.412. The van der Waals surface area contributed by atoms with Gasteiger partial charge >= 0.3 is 5.97 Å². The molecule has 1 aliphatic heterocycles. The lowest BCUT2D eigenvalue weighted by Gasteiger charge is -2.19. The van der Waals surface area contributed by atoms with Gasteiger partial charge in [0.2, 0.25) is 0 Å². The van der Waals surface area contributed by atoms with Crippen molar-refractivity contribution < 1.29 is 9.53 Å². The van der Waals surface area contributed by atoms with Crippen LogP contribution in [0.5, 0.6) is 0 Å². The molecule has 0 radical (unpaired) electrons. The van der Waals surface area contributed by atoms with E-state index in [0.29, 0.717) is 11.4 Å². The van der Waals surface area contributed by atoms with Crippen LogP contribution in [-0.2, 0) is 15.1 Å². The fourth-order valence-electron chi connectivity index (χ4n) is 2.88. The van der Waals surface area contributed by atoms with Gasteiger partial charge in [0, 0.05) is 11.8 Å². The zero-order valence-electron chi connectivity index (χ0n) is 13.1. The predicted molar refractivity (Wildman–Crippen MR) is 93.3 cm³/mol. The molecule has 0 aliphatic carbocycles. The van der Waals surface area contributed by atoms with Gasteiger partial charge in [0.1, 0.15) is 0 Å². The summed E-state index contributed by atoms with van der Waals surface area (Å²) in [5.41, 5.74) is 0.977. The van der Waals surface area contributed by atoms with E-state index in [1.807, 2.05) is 36.6 Å². The van der Waals surface area contributed by atoms with Gasteiger partial charge in [-0.25, -0.2) is 4.98 Å². The SMILES string of the molecule is CCC[C@@H]1C[C@](C)(c2csc(Nc3ccccc3Cl)n2)OC1=O. The summed E-state index contributed by atoms with van der Waals surface area (Å²) in [7, 11) is 0. The van der Waals surface area contributed by atoms with Gasteiger partial charge in [-0.1, -0.05) is 37.1 Å². The first-order valence-electron chi connectivity index (χ1n) is 7.72. The maximum atomic E-state index is 12.0. The van der Waals surface area contributed by atoms with E-state index in [0.717, 1.165) is 29.4 Å². The number of hydrogen-bond acceptors (Lipinski definition) is 5. The second-order valence-corrected chi connectivity index (χ2v) is 7.25. The van der Waals surface area contributed by atoms with Crippen LogP contribution in [0.2, 0.25) is 5.02 Å². The number of nitrogens with one attached hydrogen (secondary N) is 1. The molecule has 2 atom stereocenters. The Hall–Kier alpha value is -1.59. The van der Waals surface area contributed by atoms with Crippen molar-refractivity contribution in [2.75, 3.05) is 5.32 Å². The van der Waals surface area contributed by atoms with Crippen LogP contribution >= 0.6 is 22.9 Å². The monoisotopic (exact) mass is 350 g/mol. The van der Waals surface area contributed by atoms with Crippen LogP contribution in [-0.4, -0.2) is 11.0 Å². The zero-order valence-corrected chi connectivity index (χ0v) is 14.7. The molecule has 1 aliphatic rings. The molecular weight excluding hydrogens is 332 g/mol. The standard InChI is InChI=1S/C17H19ClN2O2S/c1-3-6-11-9-17(2,22-15(11)21)14-10-23-16(20-14)19-13-8-5-4-7-12(13)18/h4-5,7-8,10-11H,3,6,9H2,1-2H3,(H,19,20)/t11-,17-/m1/s1. The minimum atomic E-state index is -0.631. The second-order valence-electron chi connectivity index (χ2n) is 5.98. The number of hydrogen-bond donors (Lipinski definition) is 1. The van der Waals surface area contributed by atoms with Crippen molar-refractivity contribution in [2.45, 2.75) is 38.7 Å². The summed E-state index contributed by atoms with van der Waals surface area (Å²) in [5, 5.41) is 6.55. The minimum absolute atomic E-state index is 0.0216. The molecule has 3 rings (SSSR count). The van der Waals surface area contributed by atoms with E-state index in [2.05, 4.69) is 17.2 Å². The molecule has 1 fully saturated rings. The van der Waals surface area contributed by atoms with Gasteiger partial charge in [-0.3, -0.25) is 4.79 Å². The first-order chi connectivity index (χ1) is 11.0. The Morgan fingerprint density at radius 1 is 1.48 bits per heavy atom. The van der Waals surface area contributed by atoms with Crippen LogP contribution in [0.4, 0.5) is 10.8 Å². The maximum Gasteiger partial charge on any atom is 0.310 e. The molecule has 23 heavy (non-hydrogen) atoms. The largest absolute Gasteiger partial charge is 0.453 e. The lowest BCUT2D eigenvalue weighted by atomic mass is 9.91. The number of esters is 1. The molecule has 0 spiro atoms. The molecule has 2 aromatic rings. The van der Waals surface area contributed by atoms with Crippen LogP contribution < -0.4 is 5.32 Å². The first kappa shape index (κ1) is 16.3. The van der Waals surface area contributed by atoms with E-state index in [1.54, 1.807) is 0 Å². The average Bonchev–Trinajstić information content (AvgIpc) is 3.08. The molecule has 4 nitrogen and oxygen atoms in total. The van der Waals surface area contributed by atoms with E-state index in [1.165, 1.54) is 11.3 Å². The van der Waals surface area contributed by atoms with E-state index in [-0.39, 0.29) is 11.9 Å². The van der Waals surface area contributed by atoms with E-state index in [4.69, 9.17) is 16.3 Å².